The molecule has 3 aliphatic heterocycles. The van der Waals surface area contributed by atoms with Crippen molar-refractivity contribution in [1.82, 2.24) is 14.5 Å². The third kappa shape index (κ3) is 1.75. The lowest BCUT2D eigenvalue weighted by Gasteiger charge is -2.38. The molecule has 1 amide bonds. The van der Waals surface area contributed by atoms with Gasteiger partial charge in [-0.1, -0.05) is 36.4 Å². The Morgan fingerprint density at radius 1 is 1.12 bits per heavy atom. The van der Waals surface area contributed by atoms with Gasteiger partial charge in [0.1, 0.15) is 11.8 Å². The molecule has 3 aromatic carbocycles. The monoisotopic (exact) mass is 441 g/mol. The van der Waals surface area contributed by atoms with E-state index >= 15 is 0 Å². The number of para-hydroxylation sites is 2. The van der Waals surface area contributed by atoms with Gasteiger partial charge in [-0.3, -0.25) is 4.79 Å². The first kappa shape index (κ1) is 16.3. The zero-order chi connectivity index (χ0) is 24.1. The maximum absolute atomic E-state index is 13.2. The fourth-order valence-corrected chi connectivity index (χ4v) is 6.40. The Balaban J connectivity index is 1.78. The van der Waals surface area contributed by atoms with E-state index in [1.165, 1.54) is 0 Å². The quantitative estimate of drug-likeness (QED) is 0.372. The average Bonchev–Trinajstić information content (AvgIpc) is 3.51. The number of hydrogen-bond acceptors (Lipinski definition) is 4. The number of fused-ring (bicyclic) bond motifs is 13. The summed E-state index contributed by atoms with van der Waals surface area (Å²) >= 11 is 0. The zero-order valence-corrected chi connectivity index (χ0v) is 17.7. The van der Waals surface area contributed by atoms with Crippen LogP contribution < -0.4 is 5.32 Å². The smallest absolute Gasteiger partial charge is 0.252 e. The molecule has 8 rings (SSSR count). The highest BCUT2D eigenvalue weighted by atomic mass is 16.6. The van der Waals surface area contributed by atoms with Gasteiger partial charge in [-0.25, -0.2) is 0 Å². The molecule has 5 heterocycles. The second-order valence-corrected chi connectivity index (χ2v) is 9.34. The van der Waals surface area contributed by atoms with Gasteiger partial charge < -0.3 is 29.4 Å². The molecule has 5 aromatic rings. The maximum Gasteiger partial charge on any atom is 0.252 e. The Kier molecular flexibility index (Phi) is 2.66. The second kappa shape index (κ2) is 5.39. The van der Waals surface area contributed by atoms with Crippen molar-refractivity contribution in [3.05, 3.63) is 59.7 Å². The van der Waals surface area contributed by atoms with Crippen LogP contribution in [0.2, 0.25) is 0 Å². The third-order valence-corrected chi connectivity index (χ3v) is 7.88. The number of hydrogen-bond donors (Lipinski definition) is 3. The predicted octanol–water partition coefficient (Wildman–Crippen LogP) is 3.47. The molecule has 1 fully saturated rings. The van der Waals surface area contributed by atoms with E-state index < -0.39 is 30.5 Å². The number of aliphatic hydroxyl groups excluding tert-OH is 1. The molecule has 0 radical (unpaired) electrons. The number of benzene rings is 3. The first-order valence-electron chi connectivity index (χ1n) is 12.1. The lowest BCUT2D eigenvalue weighted by Crippen LogP contribution is -2.53. The van der Waals surface area contributed by atoms with Crippen molar-refractivity contribution in [2.24, 2.45) is 0 Å². The lowest BCUT2D eigenvalue weighted by atomic mass is 9.89. The number of nitrogens with one attached hydrogen (secondary N) is 1. The normalized spacial score (nSPS) is 30.3. The summed E-state index contributed by atoms with van der Waals surface area (Å²) in [5.41, 5.74) is 0.510. The SMILES string of the molecule is [2H]C1([2H])[C@H]2O[C@](C)(n3c4ccccc4c4c5c(c6c7ccccc7n2c6c43)C(=O)NC5)[C@@]1(O)CO. The Labute approximate surface area is 190 Å². The van der Waals surface area contributed by atoms with E-state index in [9.17, 15) is 15.0 Å². The van der Waals surface area contributed by atoms with Gasteiger partial charge in [0, 0.05) is 37.2 Å². The van der Waals surface area contributed by atoms with Crippen LogP contribution in [0.25, 0.3) is 43.6 Å². The number of amides is 1. The highest BCUT2D eigenvalue weighted by Crippen LogP contribution is 2.57. The number of rotatable bonds is 1. The van der Waals surface area contributed by atoms with E-state index in [-0.39, 0.29) is 5.91 Å². The van der Waals surface area contributed by atoms with Crippen LogP contribution in [0, 0.1) is 0 Å². The van der Waals surface area contributed by atoms with Crippen LogP contribution in [0.4, 0.5) is 0 Å². The molecule has 3 aliphatic rings. The first-order valence-corrected chi connectivity index (χ1v) is 11.1. The Bertz CT molecular complexity index is 1820. The third-order valence-electron chi connectivity index (χ3n) is 7.88. The standard InChI is InChI=1S/C26H21N3O4/c1-25-26(32,12-30)10-18(33-25)28-16-8-4-2-6-13(16)20-21-15(11-27-24(21)31)19-14-7-3-5-9-17(14)29(25)23(19)22(20)28/h2-9,18,30,32H,10-12H2,1H3,(H,27,31)/t18-,25+,26+/m1/s1/i10D2. The number of aliphatic hydroxyl groups is 2. The summed E-state index contributed by atoms with van der Waals surface area (Å²) in [6.07, 6.45) is -3.60. The summed E-state index contributed by atoms with van der Waals surface area (Å²) in [7, 11) is 0. The summed E-state index contributed by atoms with van der Waals surface area (Å²) in [6, 6.07) is 15.3. The summed E-state index contributed by atoms with van der Waals surface area (Å²) in [5, 5.41) is 28.7. The van der Waals surface area contributed by atoms with Crippen LogP contribution in [-0.4, -0.2) is 37.5 Å². The number of carbonyl (C=O) groups excluding carboxylic acids is 1. The van der Waals surface area contributed by atoms with Crippen molar-refractivity contribution >= 4 is 49.5 Å². The number of nitrogens with zero attached hydrogens (tertiary/aromatic N) is 2. The number of ether oxygens (including phenoxy) is 1. The van der Waals surface area contributed by atoms with Crippen LogP contribution in [0.3, 0.4) is 0 Å². The molecule has 0 aliphatic carbocycles. The molecule has 0 saturated carbocycles. The molecular formula is C26H21N3O4. The van der Waals surface area contributed by atoms with Crippen molar-refractivity contribution in [2.45, 2.75) is 37.4 Å². The molecule has 0 unspecified atom stereocenters. The molecular weight excluding hydrogens is 418 g/mol. The van der Waals surface area contributed by atoms with Crippen LogP contribution >= 0.6 is 0 Å². The van der Waals surface area contributed by atoms with Gasteiger partial charge >= 0.3 is 0 Å². The highest BCUT2D eigenvalue weighted by Gasteiger charge is 2.60. The fraction of sp³-hybridized carbons (Fsp3) is 0.269. The molecule has 1 saturated heterocycles. The minimum atomic E-state index is -2.36. The van der Waals surface area contributed by atoms with Gasteiger partial charge in [0.15, 0.2) is 5.72 Å². The Hall–Kier alpha value is -3.39. The number of aromatic nitrogens is 2. The largest absolute Gasteiger partial charge is 0.393 e. The minimum absolute atomic E-state index is 0.155. The van der Waals surface area contributed by atoms with Gasteiger partial charge in [-0.2, -0.15) is 0 Å². The minimum Gasteiger partial charge on any atom is -0.393 e. The molecule has 3 N–H and O–H groups in total. The van der Waals surface area contributed by atoms with E-state index in [1.54, 1.807) is 11.5 Å². The molecule has 7 heteroatoms. The van der Waals surface area contributed by atoms with Crippen molar-refractivity contribution in [1.29, 1.82) is 0 Å². The molecule has 33 heavy (non-hydrogen) atoms. The average molecular weight is 441 g/mol. The lowest BCUT2D eigenvalue weighted by molar-refractivity contribution is -0.189. The van der Waals surface area contributed by atoms with Gasteiger partial charge in [-0.15, -0.1) is 0 Å². The molecule has 7 nitrogen and oxygen atoms in total. The Morgan fingerprint density at radius 2 is 1.82 bits per heavy atom. The van der Waals surface area contributed by atoms with Crippen molar-refractivity contribution in [3.8, 4) is 0 Å². The maximum atomic E-state index is 13.2. The van der Waals surface area contributed by atoms with Crippen molar-refractivity contribution < 1.29 is 22.5 Å². The summed E-state index contributed by atoms with van der Waals surface area (Å²) in [5.74, 6) is -0.155. The van der Waals surface area contributed by atoms with Crippen molar-refractivity contribution in [3.63, 3.8) is 0 Å². The summed E-state index contributed by atoms with van der Waals surface area (Å²) in [4.78, 5) is 13.2. The zero-order valence-electron chi connectivity index (χ0n) is 19.7. The van der Waals surface area contributed by atoms with Crippen LogP contribution in [-0.2, 0) is 17.0 Å². The highest BCUT2D eigenvalue weighted by molar-refractivity contribution is 6.31. The van der Waals surface area contributed by atoms with E-state index in [1.807, 2.05) is 53.1 Å². The van der Waals surface area contributed by atoms with E-state index in [2.05, 4.69) is 5.32 Å². The Morgan fingerprint density at radius 3 is 2.58 bits per heavy atom. The molecule has 164 valence electrons. The van der Waals surface area contributed by atoms with Gasteiger partial charge in [-0.05, 0) is 24.6 Å². The molecule has 2 bridgehead atoms. The topological polar surface area (TPSA) is 88.7 Å². The van der Waals surface area contributed by atoms with Crippen LogP contribution in [0.1, 0.15) is 38.2 Å². The van der Waals surface area contributed by atoms with Crippen LogP contribution in [0.5, 0.6) is 0 Å². The second-order valence-electron chi connectivity index (χ2n) is 9.34. The summed E-state index contributed by atoms with van der Waals surface area (Å²) < 4.78 is 28.3. The van der Waals surface area contributed by atoms with E-state index in [4.69, 9.17) is 7.48 Å². The number of carbonyl (C=O) groups is 1. The summed E-state index contributed by atoms with van der Waals surface area (Å²) in [6.45, 7) is 1.19. The van der Waals surface area contributed by atoms with Gasteiger partial charge in [0.25, 0.3) is 5.91 Å². The van der Waals surface area contributed by atoms with Gasteiger partial charge in [0.05, 0.1) is 34.2 Å². The van der Waals surface area contributed by atoms with Gasteiger partial charge in [0.2, 0.25) is 0 Å². The van der Waals surface area contributed by atoms with E-state index in [0.29, 0.717) is 23.1 Å². The fourth-order valence-electron chi connectivity index (χ4n) is 6.40. The molecule has 2 aromatic heterocycles. The first-order chi connectivity index (χ1) is 16.8. The van der Waals surface area contributed by atoms with E-state index in [0.717, 1.165) is 38.1 Å². The van der Waals surface area contributed by atoms with Crippen LogP contribution in [0.15, 0.2) is 48.5 Å². The molecule has 3 atom stereocenters. The van der Waals surface area contributed by atoms with Crippen molar-refractivity contribution in [2.75, 3.05) is 6.61 Å². The predicted molar refractivity (Wildman–Crippen MR) is 124 cm³/mol. The molecule has 0 spiro atoms.